The number of rotatable bonds is 3. The van der Waals surface area contributed by atoms with Gasteiger partial charge in [0, 0.05) is 36.6 Å². The molecule has 1 aromatic heterocycles. The summed E-state index contributed by atoms with van der Waals surface area (Å²) in [6.45, 7) is 2.78. The van der Waals surface area contributed by atoms with Crippen molar-refractivity contribution in [1.29, 1.82) is 0 Å². The predicted octanol–water partition coefficient (Wildman–Crippen LogP) is 2.39. The molecule has 2 aliphatic heterocycles. The van der Waals surface area contributed by atoms with Crippen molar-refractivity contribution >= 4 is 11.6 Å². The second-order valence-electron chi connectivity index (χ2n) is 6.48. The molecule has 5 nitrogen and oxygen atoms in total. The SMILES string of the molecule is O=C1[C@@H](N2CCC[C@H](c3ccn[nH]3)C2)CCN1c1ccccc1. The monoisotopic (exact) mass is 310 g/mol. The maximum atomic E-state index is 12.9. The van der Waals surface area contributed by atoms with Crippen molar-refractivity contribution in [1.82, 2.24) is 15.1 Å². The number of piperidine rings is 1. The van der Waals surface area contributed by atoms with Gasteiger partial charge in [0.2, 0.25) is 5.91 Å². The summed E-state index contributed by atoms with van der Waals surface area (Å²) in [5.41, 5.74) is 2.21. The van der Waals surface area contributed by atoms with E-state index in [4.69, 9.17) is 0 Å². The van der Waals surface area contributed by atoms with Crippen LogP contribution in [0.15, 0.2) is 42.6 Å². The number of H-pyrrole nitrogens is 1. The van der Waals surface area contributed by atoms with Gasteiger partial charge >= 0.3 is 0 Å². The van der Waals surface area contributed by atoms with E-state index in [9.17, 15) is 4.79 Å². The molecule has 3 heterocycles. The summed E-state index contributed by atoms with van der Waals surface area (Å²) in [5.74, 6) is 0.714. The van der Waals surface area contributed by atoms with E-state index < -0.39 is 0 Å². The molecule has 2 aromatic rings. The quantitative estimate of drug-likeness (QED) is 0.947. The number of hydrogen-bond acceptors (Lipinski definition) is 3. The zero-order valence-electron chi connectivity index (χ0n) is 13.2. The Labute approximate surface area is 136 Å². The molecule has 2 fully saturated rings. The molecule has 0 bridgehead atoms. The molecule has 0 unspecified atom stereocenters. The van der Waals surface area contributed by atoms with Crippen LogP contribution in [0, 0.1) is 0 Å². The fraction of sp³-hybridized carbons (Fsp3) is 0.444. The first kappa shape index (κ1) is 14.5. The number of carbonyl (C=O) groups is 1. The number of anilines is 1. The van der Waals surface area contributed by atoms with Crippen LogP contribution in [0.4, 0.5) is 5.69 Å². The summed E-state index contributed by atoms with van der Waals surface area (Å²) in [7, 11) is 0. The molecule has 0 spiro atoms. The molecule has 1 aromatic carbocycles. The number of benzene rings is 1. The number of aromatic amines is 1. The van der Waals surface area contributed by atoms with Crippen molar-refractivity contribution in [2.24, 2.45) is 0 Å². The van der Waals surface area contributed by atoms with Gasteiger partial charge in [-0.1, -0.05) is 18.2 Å². The second-order valence-corrected chi connectivity index (χ2v) is 6.48. The van der Waals surface area contributed by atoms with Crippen molar-refractivity contribution in [3.05, 3.63) is 48.3 Å². The van der Waals surface area contributed by atoms with Crippen LogP contribution in [0.25, 0.3) is 0 Å². The summed E-state index contributed by atoms with van der Waals surface area (Å²) in [6.07, 6.45) is 5.04. The number of hydrogen-bond donors (Lipinski definition) is 1. The van der Waals surface area contributed by atoms with Crippen LogP contribution >= 0.6 is 0 Å². The standard InChI is InChI=1S/C18H22N4O/c23-18-17(9-12-22(18)15-6-2-1-3-7-15)21-11-4-5-14(13-21)16-8-10-19-20-16/h1-3,6-8,10,14,17H,4-5,9,11-13H2,(H,19,20)/t14-,17-/m0/s1. The first-order chi connectivity index (χ1) is 11.3. The lowest BCUT2D eigenvalue weighted by molar-refractivity contribution is -0.122. The van der Waals surface area contributed by atoms with Gasteiger partial charge in [-0.3, -0.25) is 14.8 Å². The van der Waals surface area contributed by atoms with Crippen molar-refractivity contribution in [2.75, 3.05) is 24.5 Å². The third-order valence-electron chi connectivity index (χ3n) is 5.10. The van der Waals surface area contributed by atoms with Gasteiger partial charge in [-0.2, -0.15) is 5.10 Å². The van der Waals surface area contributed by atoms with Crippen LogP contribution in [0.5, 0.6) is 0 Å². The zero-order chi connectivity index (χ0) is 15.6. The highest BCUT2D eigenvalue weighted by Gasteiger charge is 2.38. The van der Waals surface area contributed by atoms with E-state index in [1.807, 2.05) is 41.4 Å². The molecule has 5 heteroatoms. The van der Waals surface area contributed by atoms with Crippen molar-refractivity contribution in [2.45, 2.75) is 31.2 Å². The summed E-state index contributed by atoms with van der Waals surface area (Å²) in [6, 6.07) is 12.1. The molecule has 2 atom stereocenters. The van der Waals surface area contributed by atoms with Crippen LogP contribution in [0.3, 0.4) is 0 Å². The first-order valence-electron chi connectivity index (χ1n) is 8.42. The minimum absolute atomic E-state index is 0.0286. The summed E-state index contributed by atoms with van der Waals surface area (Å²) in [4.78, 5) is 17.2. The fourth-order valence-corrected chi connectivity index (χ4v) is 3.91. The van der Waals surface area contributed by atoms with Crippen LogP contribution < -0.4 is 4.90 Å². The Morgan fingerprint density at radius 3 is 2.74 bits per heavy atom. The molecule has 2 saturated heterocycles. The van der Waals surface area contributed by atoms with E-state index in [0.29, 0.717) is 5.92 Å². The van der Waals surface area contributed by atoms with Gasteiger partial charge in [-0.15, -0.1) is 0 Å². The highest BCUT2D eigenvalue weighted by atomic mass is 16.2. The van der Waals surface area contributed by atoms with Crippen LogP contribution in [-0.4, -0.2) is 46.7 Å². The fourth-order valence-electron chi connectivity index (χ4n) is 3.91. The highest BCUT2D eigenvalue weighted by molar-refractivity contribution is 5.99. The van der Waals surface area contributed by atoms with Crippen molar-refractivity contribution in [3.63, 3.8) is 0 Å². The highest BCUT2D eigenvalue weighted by Crippen LogP contribution is 2.30. The molecule has 0 aliphatic carbocycles. The first-order valence-corrected chi connectivity index (χ1v) is 8.42. The molecule has 0 radical (unpaired) electrons. The third kappa shape index (κ3) is 2.77. The lowest BCUT2D eigenvalue weighted by Gasteiger charge is -2.35. The van der Waals surface area contributed by atoms with E-state index in [-0.39, 0.29) is 11.9 Å². The van der Waals surface area contributed by atoms with E-state index >= 15 is 0 Å². The number of nitrogens with one attached hydrogen (secondary N) is 1. The number of carbonyl (C=O) groups excluding carboxylic acids is 1. The van der Waals surface area contributed by atoms with Crippen LogP contribution in [0.2, 0.25) is 0 Å². The summed E-state index contributed by atoms with van der Waals surface area (Å²) >= 11 is 0. The van der Waals surface area contributed by atoms with Gasteiger partial charge < -0.3 is 4.90 Å². The van der Waals surface area contributed by atoms with Crippen LogP contribution in [-0.2, 0) is 4.79 Å². The molecular formula is C18H22N4O. The number of amides is 1. The Kier molecular flexibility index (Phi) is 3.87. The molecule has 120 valence electrons. The lowest BCUT2D eigenvalue weighted by atomic mass is 9.93. The Morgan fingerprint density at radius 2 is 1.96 bits per heavy atom. The minimum atomic E-state index is 0.0286. The minimum Gasteiger partial charge on any atom is -0.311 e. The Hall–Kier alpha value is -2.14. The average molecular weight is 310 g/mol. The van der Waals surface area contributed by atoms with Crippen molar-refractivity contribution in [3.8, 4) is 0 Å². The van der Waals surface area contributed by atoms with Gasteiger partial charge in [0.15, 0.2) is 0 Å². The van der Waals surface area contributed by atoms with Crippen molar-refractivity contribution < 1.29 is 4.79 Å². The van der Waals surface area contributed by atoms with E-state index in [1.165, 1.54) is 12.1 Å². The maximum Gasteiger partial charge on any atom is 0.244 e. The molecule has 0 saturated carbocycles. The predicted molar refractivity (Wildman–Crippen MR) is 89.3 cm³/mol. The number of nitrogens with zero attached hydrogens (tertiary/aromatic N) is 3. The number of aromatic nitrogens is 2. The summed E-state index contributed by atoms with van der Waals surface area (Å²) in [5, 5.41) is 7.16. The van der Waals surface area contributed by atoms with E-state index in [1.54, 1.807) is 0 Å². The van der Waals surface area contributed by atoms with Gasteiger partial charge in [0.1, 0.15) is 0 Å². The molecule has 23 heavy (non-hydrogen) atoms. The van der Waals surface area contributed by atoms with Gasteiger partial charge in [0.05, 0.1) is 6.04 Å². The van der Waals surface area contributed by atoms with Gasteiger partial charge in [0.25, 0.3) is 0 Å². The Morgan fingerprint density at radius 1 is 1.09 bits per heavy atom. The summed E-state index contributed by atoms with van der Waals surface area (Å²) < 4.78 is 0. The van der Waals surface area contributed by atoms with Crippen LogP contribution in [0.1, 0.15) is 30.9 Å². The smallest absolute Gasteiger partial charge is 0.244 e. The van der Waals surface area contributed by atoms with E-state index in [0.717, 1.165) is 38.2 Å². The Bertz CT molecular complexity index is 655. The number of para-hydroxylation sites is 1. The maximum absolute atomic E-state index is 12.9. The molecule has 1 amide bonds. The largest absolute Gasteiger partial charge is 0.311 e. The second kappa shape index (κ2) is 6.16. The topological polar surface area (TPSA) is 52.2 Å². The van der Waals surface area contributed by atoms with E-state index in [2.05, 4.69) is 21.2 Å². The Balaban J connectivity index is 1.47. The molecule has 1 N–H and O–H groups in total. The normalized spacial score (nSPS) is 25.9. The molecule has 2 aliphatic rings. The lowest BCUT2D eigenvalue weighted by Crippen LogP contribution is -2.46. The third-order valence-corrected chi connectivity index (χ3v) is 5.10. The van der Waals surface area contributed by atoms with Gasteiger partial charge in [-0.25, -0.2) is 0 Å². The zero-order valence-corrected chi connectivity index (χ0v) is 13.2. The van der Waals surface area contributed by atoms with Gasteiger partial charge in [-0.05, 0) is 44.0 Å². The molecular weight excluding hydrogens is 288 g/mol. The molecule has 4 rings (SSSR count). The average Bonchev–Trinajstić information content (AvgIpc) is 3.26. The number of likely N-dealkylation sites (tertiary alicyclic amines) is 1.